The third-order valence-corrected chi connectivity index (χ3v) is 4.52. The fraction of sp³-hybridized carbons (Fsp3) is 0.222. The molecule has 0 aliphatic heterocycles. The molecule has 0 spiro atoms. The van der Waals surface area contributed by atoms with Gasteiger partial charge in [0.05, 0.1) is 5.52 Å². The standard InChI is InChI=1S/C18H17BrFN3O/c1-10-3-5-14(20)17-16(10)13(11(2)23-17)7-8-21-18(24)15-6-4-12(19)9-22-15/h3-6,9,23H,7-8H2,1-2H3,(H,21,24). The van der Waals surface area contributed by atoms with Gasteiger partial charge in [0.25, 0.3) is 5.91 Å². The van der Waals surface area contributed by atoms with E-state index in [0.717, 1.165) is 26.7 Å². The van der Waals surface area contributed by atoms with Gasteiger partial charge in [0.15, 0.2) is 0 Å². The number of amides is 1. The minimum Gasteiger partial charge on any atom is -0.356 e. The van der Waals surface area contributed by atoms with Gasteiger partial charge in [-0.2, -0.15) is 0 Å². The smallest absolute Gasteiger partial charge is 0.269 e. The predicted molar refractivity (Wildman–Crippen MR) is 95.7 cm³/mol. The van der Waals surface area contributed by atoms with Crippen molar-refractivity contribution >= 4 is 32.7 Å². The Bertz CT molecular complexity index is 903. The number of halogens is 2. The van der Waals surface area contributed by atoms with E-state index < -0.39 is 0 Å². The van der Waals surface area contributed by atoms with E-state index in [9.17, 15) is 9.18 Å². The Morgan fingerprint density at radius 1 is 1.29 bits per heavy atom. The van der Waals surface area contributed by atoms with E-state index in [1.54, 1.807) is 24.4 Å². The molecular weight excluding hydrogens is 373 g/mol. The summed E-state index contributed by atoms with van der Waals surface area (Å²) >= 11 is 3.29. The third kappa shape index (κ3) is 3.19. The molecule has 2 aromatic heterocycles. The highest BCUT2D eigenvalue weighted by Gasteiger charge is 2.14. The summed E-state index contributed by atoms with van der Waals surface area (Å²) in [5, 5.41) is 3.76. The molecule has 0 saturated carbocycles. The van der Waals surface area contributed by atoms with E-state index in [0.29, 0.717) is 24.2 Å². The van der Waals surface area contributed by atoms with Crippen molar-refractivity contribution in [2.45, 2.75) is 20.3 Å². The number of nitrogens with zero attached hydrogens (tertiary/aromatic N) is 1. The van der Waals surface area contributed by atoms with Crippen molar-refractivity contribution in [1.82, 2.24) is 15.3 Å². The lowest BCUT2D eigenvalue weighted by molar-refractivity contribution is 0.0949. The molecule has 3 aromatic rings. The molecule has 2 heterocycles. The summed E-state index contributed by atoms with van der Waals surface area (Å²) in [7, 11) is 0. The molecule has 6 heteroatoms. The number of aromatic amines is 1. The van der Waals surface area contributed by atoms with Gasteiger partial charge in [-0.15, -0.1) is 0 Å². The monoisotopic (exact) mass is 389 g/mol. The summed E-state index contributed by atoms with van der Waals surface area (Å²) in [6, 6.07) is 6.69. The van der Waals surface area contributed by atoms with Crippen molar-refractivity contribution in [3.8, 4) is 0 Å². The first kappa shape index (κ1) is 16.6. The van der Waals surface area contributed by atoms with E-state index in [-0.39, 0.29) is 11.7 Å². The van der Waals surface area contributed by atoms with Crippen molar-refractivity contribution < 1.29 is 9.18 Å². The van der Waals surface area contributed by atoms with E-state index >= 15 is 0 Å². The first-order valence-electron chi connectivity index (χ1n) is 7.63. The number of carbonyl (C=O) groups excluding carboxylic acids is 1. The lowest BCUT2D eigenvalue weighted by Gasteiger charge is -2.07. The summed E-state index contributed by atoms with van der Waals surface area (Å²) < 4.78 is 14.8. The van der Waals surface area contributed by atoms with Crippen LogP contribution in [0.15, 0.2) is 34.9 Å². The minimum absolute atomic E-state index is 0.220. The molecule has 0 radical (unpaired) electrons. The van der Waals surface area contributed by atoms with Crippen molar-refractivity contribution in [2.75, 3.05) is 6.54 Å². The number of hydrogen-bond donors (Lipinski definition) is 2. The van der Waals surface area contributed by atoms with Gasteiger partial charge in [-0.3, -0.25) is 4.79 Å². The van der Waals surface area contributed by atoms with Crippen LogP contribution < -0.4 is 5.32 Å². The number of nitrogens with one attached hydrogen (secondary N) is 2. The number of aryl methyl sites for hydroxylation is 2. The summed E-state index contributed by atoms with van der Waals surface area (Å²) in [4.78, 5) is 19.3. The van der Waals surface area contributed by atoms with Gasteiger partial charge in [-0.25, -0.2) is 9.37 Å². The lowest BCUT2D eigenvalue weighted by atomic mass is 10.0. The molecule has 0 bridgehead atoms. The first-order chi connectivity index (χ1) is 11.5. The van der Waals surface area contributed by atoms with E-state index in [1.165, 1.54) is 6.07 Å². The minimum atomic E-state index is -0.256. The topological polar surface area (TPSA) is 57.8 Å². The molecule has 1 amide bonds. The third-order valence-electron chi connectivity index (χ3n) is 4.05. The van der Waals surface area contributed by atoms with Gasteiger partial charge in [0, 0.05) is 28.3 Å². The number of pyridine rings is 1. The molecule has 124 valence electrons. The van der Waals surface area contributed by atoms with Gasteiger partial charge in [0.2, 0.25) is 0 Å². The Morgan fingerprint density at radius 2 is 2.08 bits per heavy atom. The van der Waals surface area contributed by atoms with E-state index in [2.05, 4.69) is 31.2 Å². The van der Waals surface area contributed by atoms with Gasteiger partial charge in [0.1, 0.15) is 11.5 Å². The maximum atomic E-state index is 14.0. The fourth-order valence-corrected chi connectivity index (χ4v) is 3.09. The Hall–Kier alpha value is -2.21. The van der Waals surface area contributed by atoms with E-state index in [1.807, 2.05) is 13.8 Å². The summed E-state index contributed by atoms with van der Waals surface area (Å²) in [5.41, 5.74) is 3.88. The Labute approximate surface area is 147 Å². The zero-order chi connectivity index (χ0) is 17.3. The maximum absolute atomic E-state index is 14.0. The molecule has 0 unspecified atom stereocenters. The molecule has 0 saturated heterocycles. The second-order valence-electron chi connectivity index (χ2n) is 5.71. The number of hydrogen-bond acceptors (Lipinski definition) is 2. The molecule has 0 aliphatic carbocycles. The number of aromatic nitrogens is 2. The average Bonchev–Trinajstić information content (AvgIpc) is 2.90. The molecule has 0 fully saturated rings. The SMILES string of the molecule is Cc1[nH]c2c(F)ccc(C)c2c1CCNC(=O)c1ccc(Br)cn1. The second kappa shape index (κ2) is 6.73. The molecule has 2 N–H and O–H groups in total. The largest absolute Gasteiger partial charge is 0.356 e. The normalized spacial score (nSPS) is 11.0. The molecule has 3 rings (SSSR count). The number of fused-ring (bicyclic) bond motifs is 1. The van der Waals surface area contributed by atoms with Crippen molar-refractivity contribution in [3.63, 3.8) is 0 Å². The highest BCUT2D eigenvalue weighted by atomic mass is 79.9. The zero-order valence-corrected chi connectivity index (χ0v) is 15.0. The quantitative estimate of drug-likeness (QED) is 0.706. The van der Waals surface area contributed by atoms with Crippen LogP contribution in [0.25, 0.3) is 10.9 Å². The highest BCUT2D eigenvalue weighted by Crippen LogP contribution is 2.27. The fourth-order valence-electron chi connectivity index (χ4n) is 2.86. The van der Waals surface area contributed by atoms with Gasteiger partial charge < -0.3 is 10.3 Å². The van der Waals surface area contributed by atoms with Crippen LogP contribution in [0.3, 0.4) is 0 Å². The molecule has 0 atom stereocenters. The van der Waals surface area contributed by atoms with Crippen LogP contribution in [0.5, 0.6) is 0 Å². The van der Waals surface area contributed by atoms with Crippen molar-refractivity contribution in [3.05, 3.63) is 63.3 Å². The van der Waals surface area contributed by atoms with Gasteiger partial charge >= 0.3 is 0 Å². The van der Waals surface area contributed by atoms with Crippen LogP contribution in [0, 0.1) is 19.7 Å². The predicted octanol–water partition coefficient (Wildman–Crippen LogP) is 4.05. The molecule has 1 aromatic carbocycles. The molecule has 0 aliphatic rings. The van der Waals surface area contributed by atoms with Gasteiger partial charge in [-0.05, 0) is 65.5 Å². The van der Waals surface area contributed by atoms with Gasteiger partial charge in [-0.1, -0.05) is 6.07 Å². The van der Waals surface area contributed by atoms with E-state index in [4.69, 9.17) is 0 Å². The Morgan fingerprint density at radius 3 is 2.79 bits per heavy atom. The summed E-state index contributed by atoms with van der Waals surface area (Å²) in [6.45, 7) is 4.34. The first-order valence-corrected chi connectivity index (χ1v) is 8.42. The van der Waals surface area contributed by atoms with Crippen LogP contribution in [0.2, 0.25) is 0 Å². The van der Waals surface area contributed by atoms with Crippen LogP contribution >= 0.6 is 15.9 Å². The Balaban J connectivity index is 1.74. The second-order valence-corrected chi connectivity index (χ2v) is 6.63. The van der Waals surface area contributed by atoms with Crippen LogP contribution in [-0.2, 0) is 6.42 Å². The number of benzene rings is 1. The van der Waals surface area contributed by atoms with Crippen molar-refractivity contribution in [2.24, 2.45) is 0 Å². The van der Waals surface area contributed by atoms with Crippen LogP contribution in [-0.4, -0.2) is 22.4 Å². The summed E-state index contributed by atoms with van der Waals surface area (Å²) in [6.07, 6.45) is 2.21. The summed E-state index contributed by atoms with van der Waals surface area (Å²) in [5.74, 6) is -0.476. The van der Waals surface area contributed by atoms with Crippen molar-refractivity contribution in [1.29, 1.82) is 0 Å². The Kier molecular flexibility index (Phi) is 4.66. The number of H-pyrrole nitrogens is 1. The number of rotatable bonds is 4. The highest BCUT2D eigenvalue weighted by molar-refractivity contribution is 9.10. The molecular formula is C18H17BrFN3O. The molecule has 4 nitrogen and oxygen atoms in total. The lowest BCUT2D eigenvalue weighted by Crippen LogP contribution is -2.26. The van der Waals surface area contributed by atoms with Crippen LogP contribution in [0.4, 0.5) is 4.39 Å². The molecule has 24 heavy (non-hydrogen) atoms. The number of carbonyl (C=O) groups is 1. The average molecular weight is 390 g/mol. The van der Waals surface area contributed by atoms with Crippen LogP contribution in [0.1, 0.15) is 27.3 Å². The zero-order valence-electron chi connectivity index (χ0n) is 13.4. The maximum Gasteiger partial charge on any atom is 0.269 e.